The van der Waals surface area contributed by atoms with Crippen LogP contribution in [0.2, 0.25) is 0 Å². The molecule has 1 rings (SSSR count). The summed E-state index contributed by atoms with van der Waals surface area (Å²) in [5.41, 5.74) is 0. The topological polar surface area (TPSA) is 29.1 Å². The van der Waals surface area contributed by atoms with Gasteiger partial charge >= 0.3 is 0 Å². The Morgan fingerprint density at radius 3 is 2.85 bits per heavy atom. The highest BCUT2D eigenvalue weighted by Crippen LogP contribution is 2.35. The molecule has 0 bridgehead atoms. The number of carbonyl (C=O) groups excluding carboxylic acids is 1. The minimum atomic E-state index is -0.255. The highest BCUT2D eigenvalue weighted by Gasteiger charge is 2.34. The lowest BCUT2D eigenvalue weighted by Gasteiger charge is -2.22. The molecular weight excluding hydrogens is 182 g/mol. The van der Waals surface area contributed by atoms with E-state index in [1.165, 1.54) is 0 Å². The lowest BCUT2D eigenvalue weighted by atomic mass is 10.1. The minimum absolute atomic E-state index is 0.163. The fraction of sp³-hybridized carbons (Fsp3) is 0.700. The predicted molar refractivity (Wildman–Crippen MR) is 57.6 cm³/mol. The van der Waals surface area contributed by atoms with Crippen molar-refractivity contribution in [3.05, 3.63) is 11.5 Å². The largest absolute Gasteiger partial charge is 0.355 e. The van der Waals surface area contributed by atoms with Gasteiger partial charge in [0, 0.05) is 6.54 Å². The average Bonchev–Trinajstić information content (AvgIpc) is 2.49. The van der Waals surface area contributed by atoms with E-state index in [4.69, 9.17) is 0 Å². The second-order valence-corrected chi connectivity index (χ2v) is 5.44. The van der Waals surface area contributed by atoms with Crippen LogP contribution in [0.25, 0.3) is 0 Å². The molecule has 0 aromatic heterocycles. The summed E-state index contributed by atoms with van der Waals surface area (Å²) in [6.45, 7) is 6.97. The van der Waals surface area contributed by atoms with Crippen molar-refractivity contribution >= 4 is 17.7 Å². The van der Waals surface area contributed by atoms with Crippen molar-refractivity contribution in [2.45, 2.75) is 31.9 Å². The monoisotopic (exact) mass is 199 g/mol. The number of hydrogen-bond donors (Lipinski definition) is 1. The second-order valence-electron chi connectivity index (χ2n) is 4.03. The van der Waals surface area contributed by atoms with Crippen LogP contribution in [-0.2, 0) is 4.79 Å². The normalized spacial score (nSPS) is 26.8. The summed E-state index contributed by atoms with van der Waals surface area (Å²) in [6, 6.07) is 0. The van der Waals surface area contributed by atoms with Crippen molar-refractivity contribution in [3.63, 3.8) is 0 Å². The fourth-order valence-electron chi connectivity index (χ4n) is 1.15. The number of amides is 1. The number of nitrogens with one attached hydrogen (secondary N) is 1. The van der Waals surface area contributed by atoms with Crippen molar-refractivity contribution in [1.29, 1.82) is 0 Å². The third-order valence-electron chi connectivity index (χ3n) is 2.08. The van der Waals surface area contributed by atoms with Gasteiger partial charge in [0.05, 0.1) is 4.75 Å². The first-order valence-electron chi connectivity index (χ1n) is 4.66. The molecule has 0 saturated carbocycles. The zero-order chi connectivity index (χ0) is 9.90. The van der Waals surface area contributed by atoms with Gasteiger partial charge in [-0.15, -0.1) is 11.8 Å². The maximum absolute atomic E-state index is 11.7. The van der Waals surface area contributed by atoms with E-state index >= 15 is 0 Å². The van der Waals surface area contributed by atoms with Crippen molar-refractivity contribution < 1.29 is 4.79 Å². The summed E-state index contributed by atoms with van der Waals surface area (Å²) in [5, 5.41) is 4.97. The summed E-state index contributed by atoms with van der Waals surface area (Å²) in [4.78, 5) is 11.7. The first-order valence-corrected chi connectivity index (χ1v) is 5.54. The summed E-state index contributed by atoms with van der Waals surface area (Å²) in [6.07, 6.45) is 2.90. The van der Waals surface area contributed by atoms with E-state index < -0.39 is 0 Å². The van der Waals surface area contributed by atoms with Gasteiger partial charge in [0.1, 0.15) is 0 Å². The van der Waals surface area contributed by atoms with Crippen LogP contribution < -0.4 is 5.32 Å². The molecule has 2 nitrogen and oxygen atoms in total. The lowest BCUT2D eigenvalue weighted by molar-refractivity contribution is -0.123. The lowest BCUT2D eigenvalue weighted by Crippen LogP contribution is -2.41. The van der Waals surface area contributed by atoms with Crippen LogP contribution in [0, 0.1) is 5.92 Å². The Balaban J connectivity index is 2.39. The summed E-state index contributed by atoms with van der Waals surface area (Å²) in [5.74, 6) is 0.683. The van der Waals surface area contributed by atoms with Crippen LogP contribution in [0.15, 0.2) is 11.5 Å². The Bertz CT molecular complexity index is 215. The van der Waals surface area contributed by atoms with E-state index in [2.05, 4.69) is 25.2 Å². The van der Waals surface area contributed by atoms with Crippen LogP contribution in [0.1, 0.15) is 27.2 Å². The Labute approximate surface area is 84.2 Å². The Morgan fingerprint density at radius 2 is 2.38 bits per heavy atom. The molecule has 1 unspecified atom stereocenters. The van der Waals surface area contributed by atoms with E-state index in [0.29, 0.717) is 5.92 Å². The Morgan fingerprint density at radius 1 is 1.69 bits per heavy atom. The van der Waals surface area contributed by atoms with E-state index in [9.17, 15) is 4.79 Å². The molecule has 1 aliphatic heterocycles. The van der Waals surface area contributed by atoms with E-state index in [0.717, 1.165) is 13.0 Å². The number of hydrogen-bond acceptors (Lipinski definition) is 2. The SMILES string of the molecule is CC(C)CNC(=O)C1(C)CC=CS1. The molecule has 1 amide bonds. The molecule has 0 saturated heterocycles. The van der Waals surface area contributed by atoms with Gasteiger partial charge < -0.3 is 5.32 Å². The van der Waals surface area contributed by atoms with E-state index in [1.807, 2.05) is 12.3 Å². The van der Waals surface area contributed by atoms with Crippen molar-refractivity contribution in [2.75, 3.05) is 6.54 Å². The Hall–Kier alpha value is -0.440. The van der Waals surface area contributed by atoms with Gasteiger partial charge in [0.25, 0.3) is 0 Å². The highest BCUT2D eigenvalue weighted by molar-refractivity contribution is 8.04. The molecule has 1 N–H and O–H groups in total. The maximum atomic E-state index is 11.7. The highest BCUT2D eigenvalue weighted by atomic mass is 32.2. The van der Waals surface area contributed by atoms with Crippen LogP contribution in [-0.4, -0.2) is 17.2 Å². The maximum Gasteiger partial charge on any atom is 0.236 e. The van der Waals surface area contributed by atoms with E-state index in [-0.39, 0.29) is 10.7 Å². The Kier molecular flexibility index (Phi) is 3.42. The molecule has 1 aliphatic rings. The van der Waals surface area contributed by atoms with Crippen LogP contribution >= 0.6 is 11.8 Å². The minimum Gasteiger partial charge on any atom is -0.355 e. The number of allylic oxidation sites excluding steroid dienone is 1. The second kappa shape index (κ2) is 4.18. The first kappa shape index (κ1) is 10.6. The standard InChI is InChI=1S/C10H17NOS/c1-8(2)7-11-9(12)10(3)5-4-6-13-10/h4,6,8H,5,7H2,1-3H3,(H,11,12). The quantitative estimate of drug-likeness (QED) is 0.754. The molecule has 0 radical (unpaired) electrons. The van der Waals surface area contributed by atoms with Crippen LogP contribution in [0.4, 0.5) is 0 Å². The number of thioether (sulfide) groups is 1. The van der Waals surface area contributed by atoms with Gasteiger partial charge in [0.2, 0.25) is 5.91 Å². The van der Waals surface area contributed by atoms with Crippen molar-refractivity contribution in [3.8, 4) is 0 Å². The third-order valence-corrected chi connectivity index (χ3v) is 3.28. The molecule has 1 heterocycles. The van der Waals surface area contributed by atoms with Crippen molar-refractivity contribution in [1.82, 2.24) is 5.32 Å². The molecule has 0 fully saturated rings. The van der Waals surface area contributed by atoms with Gasteiger partial charge in [-0.3, -0.25) is 4.79 Å². The molecule has 74 valence electrons. The fourth-order valence-corrected chi connectivity index (χ4v) is 2.01. The molecule has 0 aromatic rings. The number of rotatable bonds is 3. The first-order chi connectivity index (χ1) is 6.04. The van der Waals surface area contributed by atoms with Gasteiger partial charge in [-0.2, -0.15) is 0 Å². The molecule has 13 heavy (non-hydrogen) atoms. The van der Waals surface area contributed by atoms with Crippen molar-refractivity contribution in [2.24, 2.45) is 5.92 Å². The predicted octanol–water partition coefficient (Wildman–Crippen LogP) is 2.17. The van der Waals surface area contributed by atoms with E-state index in [1.54, 1.807) is 11.8 Å². The van der Waals surface area contributed by atoms with Crippen LogP contribution in [0.3, 0.4) is 0 Å². The third kappa shape index (κ3) is 2.76. The molecular formula is C10H17NOS. The molecule has 0 aromatic carbocycles. The molecule has 1 atom stereocenters. The molecule has 3 heteroatoms. The zero-order valence-electron chi connectivity index (χ0n) is 8.46. The summed E-state index contributed by atoms with van der Waals surface area (Å²) < 4.78 is -0.255. The smallest absolute Gasteiger partial charge is 0.236 e. The number of carbonyl (C=O) groups is 1. The van der Waals surface area contributed by atoms with Gasteiger partial charge in [-0.25, -0.2) is 0 Å². The summed E-state index contributed by atoms with van der Waals surface area (Å²) in [7, 11) is 0. The van der Waals surface area contributed by atoms with Crippen LogP contribution in [0.5, 0.6) is 0 Å². The summed E-state index contributed by atoms with van der Waals surface area (Å²) >= 11 is 1.61. The van der Waals surface area contributed by atoms with Gasteiger partial charge in [0.15, 0.2) is 0 Å². The molecule has 0 spiro atoms. The average molecular weight is 199 g/mol. The van der Waals surface area contributed by atoms with Gasteiger partial charge in [-0.05, 0) is 24.7 Å². The zero-order valence-corrected chi connectivity index (χ0v) is 9.28. The molecule has 0 aliphatic carbocycles. The van der Waals surface area contributed by atoms with Gasteiger partial charge in [-0.1, -0.05) is 19.9 Å².